The van der Waals surface area contributed by atoms with Crippen LogP contribution in [0.1, 0.15) is 11.1 Å². The van der Waals surface area contributed by atoms with Gasteiger partial charge in [0.25, 0.3) is 5.56 Å². The normalized spacial score (nSPS) is 15.3. The molecule has 0 N–H and O–H groups in total. The Morgan fingerprint density at radius 2 is 1.33 bits per heavy atom. The average molecular weight is 425 g/mol. The van der Waals surface area contributed by atoms with Gasteiger partial charge in [-0.25, -0.2) is 8.42 Å². The molecule has 1 aliphatic rings. The Morgan fingerprint density at radius 1 is 0.767 bits per heavy atom. The number of hydrogen-bond acceptors (Lipinski definition) is 5. The Balaban J connectivity index is 1.52. The molecule has 0 radical (unpaired) electrons. The van der Waals surface area contributed by atoms with Crippen molar-refractivity contribution in [2.45, 2.75) is 18.7 Å². The van der Waals surface area contributed by atoms with Crippen molar-refractivity contribution in [1.82, 2.24) is 14.1 Å². The van der Waals surface area contributed by atoms with Crippen molar-refractivity contribution in [1.29, 1.82) is 0 Å². The van der Waals surface area contributed by atoms with Gasteiger partial charge in [-0.05, 0) is 44.2 Å². The highest BCUT2D eigenvalue weighted by Gasteiger charge is 2.29. The van der Waals surface area contributed by atoms with Crippen molar-refractivity contribution < 1.29 is 8.42 Å². The number of anilines is 1. The third-order valence-corrected chi connectivity index (χ3v) is 7.20. The van der Waals surface area contributed by atoms with E-state index in [2.05, 4.69) is 5.10 Å². The maximum atomic E-state index is 12.9. The molecule has 0 bridgehead atoms. The number of sulfonamides is 1. The molecule has 2 heterocycles. The van der Waals surface area contributed by atoms with Crippen LogP contribution < -0.4 is 10.5 Å². The number of piperazine rings is 1. The molecule has 2 aromatic carbocycles. The van der Waals surface area contributed by atoms with E-state index in [-0.39, 0.29) is 5.56 Å². The molecule has 8 heteroatoms. The predicted molar refractivity (Wildman–Crippen MR) is 117 cm³/mol. The zero-order valence-corrected chi connectivity index (χ0v) is 17.8. The molecule has 30 heavy (non-hydrogen) atoms. The van der Waals surface area contributed by atoms with Crippen LogP contribution in [0.2, 0.25) is 0 Å². The minimum absolute atomic E-state index is 0.205. The summed E-state index contributed by atoms with van der Waals surface area (Å²) in [5, 5.41) is 4.51. The quantitative estimate of drug-likeness (QED) is 0.643. The highest BCUT2D eigenvalue weighted by molar-refractivity contribution is 7.89. The van der Waals surface area contributed by atoms with Crippen LogP contribution >= 0.6 is 0 Å². The number of nitrogens with zero attached hydrogens (tertiary/aromatic N) is 4. The molecule has 3 aromatic rings. The fraction of sp³-hybridized carbons (Fsp3) is 0.273. The number of benzene rings is 2. The van der Waals surface area contributed by atoms with Crippen molar-refractivity contribution in [3.63, 3.8) is 0 Å². The van der Waals surface area contributed by atoms with E-state index in [1.807, 2.05) is 43.0 Å². The molecule has 1 aliphatic heterocycles. The van der Waals surface area contributed by atoms with E-state index in [9.17, 15) is 13.2 Å². The third-order valence-electron chi connectivity index (χ3n) is 5.29. The van der Waals surface area contributed by atoms with Crippen LogP contribution in [0.25, 0.3) is 5.69 Å². The summed E-state index contributed by atoms with van der Waals surface area (Å²) in [5.41, 5.74) is 2.62. The number of rotatable bonds is 4. The predicted octanol–water partition coefficient (Wildman–Crippen LogP) is 2.36. The second-order valence-electron chi connectivity index (χ2n) is 7.48. The van der Waals surface area contributed by atoms with Gasteiger partial charge in [-0.1, -0.05) is 35.4 Å². The van der Waals surface area contributed by atoms with Crippen molar-refractivity contribution in [3.8, 4) is 5.69 Å². The Morgan fingerprint density at radius 3 is 1.93 bits per heavy atom. The Bertz CT molecular complexity index is 1190. The Labute approximate surface area is 176 Å². The summed E-state index contributed by atoms with van der Waals surface area (Å²) in [6.07, 6.45) is 0. The number of aromatic nitrogens is 2. The fourth-order valence-corrected chi connectivity index (χ4v) is 4.88. The van der Waals surface area contributed by atoms with E-state index in [0.717, 1.165) is 11.1 Å². The Hall–Kier alpha value is -2.97. The molecule has 0 unspecified atom stereocenters. The van der Waals surface area contributed by atoms with Crippen LogP contribution in [0.15, 0.2) is 70.4 Å². The summed E-state index contributed by atoms with van der Waals surface area (Å²) in [6, 6.07) is 17.7. The molecule has 156 valence electrons. The first-order valence-corrected chi connectivity index (χ1v) is 11.3. The maximum Gasteiger partial charge on any atom is 0.271 e. The lowest BCUT2D eigenvalue weighted by molar-refractivity contribution is 0.383. The van der Waals surface area contributed by atoms with Gasteiger partial charge in [-0.2, -0.15) is 8.99 Å². The van der Waals surface area contributed by atoms with Crippen molar-refractivity contribution >= 4 is 15.8 Å². The van der Waals surface area contributed by atoms with Crippen LogP contribution in [-0.4, -0.2) is 48.7 Å². The molecule has 1 saturated heterocycles. The van der Waals surface area contributed by atoms with Gasteiger partial charge in [0.15, 0.2) is 0 Å². The fourth-order valence-electron chi connectivity index (χ4n) is 3.46. The van der Waals surface area contributed by atoms with Crippen LogP contribution in [0.4, 0.5) is 5.82 Å². The lowest BCUT2D eigenvalue weighted by atomic mass is 10.2. The minimum atomic E-state index is -3.52. The third kappa shape index (κ3) is 4.01. The van der Waals surface area contributed by atoms with Crippen LogP contribution in [0.5, 0.6) is 0 Å². The molecule has 0 aliphatic carbocycles. The molecular formula is C22H24N4O3S. The first kappa shape index (κ1) is 20.3. The molecule has 7 nitrogen and oxygen atoms in total. The summed E-state index contributed by atoms with van der Waals surface area (Å²) in [4.78, 5) is 14.6. The van der Waals surface area contributed by atoms with E-state index >= 15 is 0 Å². The zero-order valence-electron chi connectivity index (χ0n) is 17.0. The Kier molecular flexibility index (Phi) is 5.44. The molecule has 0 spiro atoms. The summed E-state index contributed by atoms with van der Waals surface area (Å²) >= 11 is 0. The van der Waals surface area contributed by atoms with Crippen molar-refractivity contribution in [2.75, 3.05) is 31.1 Å². The van der Waals surface area contributed by atoms with E-state index < -0.39 is 10.0 Å². The van der Waals surface area contributed by atoms with Crippen LogP contribution in [0, 0.1) is 13.8 Å². The van der Waals surface area contributed by atoms with Crippen molar-refractivity contribution in [2.24, 2.45) is 0 Å². The molecule has 1 fully saturated rings. The van der Waals surface area contributed by atoms with Gasteiger partial charge in [0, 0.05) is 32.2 Å². The highest BCUT2D eigenvalue weighted by atomic mass is 32.2. The molecular weight excluding hydrogens is 400 g/mol. The van der Waals surface area contributed by atoms with E-state index in [1.165, 1.54) is 15.1 Å². The first-order chi connectivity index (χ1) is 14.3. The van der Waals surface area contributed by atoms with Gasteiger partial charge in [-0.15, -0.1) is 5.10 Å². The largest absolute Gasteiger partial charge is 0.353 e. The van der Waals surface area contributed by atoms with Crippen LogP contribution in [0.3, 0.4) is 0 Å². The standard InChI is InChI=1S/C22H24N4O3S/c1-17-3-7-19(8-4-17)26-22(27)12-11-21(23-26)24-13-15-25(16-14-24)30(28,29)20-9-5-18(2)6-10-20/h3-12H,13-16H2,1-2H3. The van der Waals surface area contributed by atoms with Gasteiger partial charge >= 0.3 is 0 Å². The second kappa shape index (κ2) is 8.04. The van der Waals surface area contributed by atoms with E-state index in [1.54, 1.807) is 30.3 Å². The maximum absolute atomic E-state index is 12.9. The van der Waals surface area contributed by atoms with Gasteiger partial charge in [0.05, 0.1) is 10.6 Å². The molecule has 0 saturated carbocycles. The topological polar surface area (TPSA) is 75.5 Å². The lowest BCUT2D eigenvalue weighted by Crippen LogP contribution is -2.49. The zero-order chi connectivity index (χ0) is 21.3. The molecule has 1 aromatic heterocycles. The summed E-state index contributed by atoms with van der Waals surface area (Å²) < 4.78 is 28.7. The van der Waals surface area contributed by atoms with Gasteiger partial charge < -0.3 is 4.90 Å². The van der Waals surface area contributed by atoms with E-state index in [4.69, 9.17) is 0 Å². The SMILES string of the molecule is Cc1ccc(-n2nc(N3CCN(S(=O)(=O)c4ccc(C)cc4)CC3)ccc2=O)cc1. The molecule has 0 atom stereocenters. The molecule has 4 rings (SSSR count). The minimum Gasteiger partial charge on any atom is -0.353 e. The van der Waals surface area contributed by atoms with Gasteiger partial charge in [-0.3, -0.25) is 4.79 Å². The highest BCUT2D eigenvalue weighted by Crippen LogP contribution is 2.20. The summed E-state index contributed by atoms with van der Waals surface area (Å²) in [5.74, 6) is 0.655. The lowest BCUT2D eigenvalue weighted by Gasteiger charge is -2.34. The van der Waals surface area contributed by atoms with Gasteiger partial charge in [0.1, 0.15) is 5.82 Å². The van der Waals surface area contributed by atoms with E-state index in [0.29, 0.717) is 42.6 Å². The first-order valence-electron chi connectivity index (χ1n) is 9.84. The van der Waals surface area contributed by atoms with Gasteiger partial charge in [0.2, 0.25) is 10.0 Å². The van der Waals surface area contributed by atoms with Crippen molar-refractivity contribution in [3.05, 3.63) is 82.1 Å². The monoisotopic (exact) mass is 424 g/mol. The number of aryl methyl sites for hydroxylation is 2. The smallest absolute Gasteiger partial charge is 0.271 e. The summed E-state index contributed by atoms with van der Waals surface area (Å²) in [6.45, 7) is 5.65. The average Bonchev–Trinajstić information content (AvgIpc) is 2.75. The summed E-state index contributed by atoms with van der Waals surface area (Å²) in [7, 11) is -3.52. The second-order valence-corrected chi connectivity index (χ2v) is 9.42. The van der Waals surface area contributed by atoms with Crippen LogP contribution in [-0.2, 0) is 10.0 Å². The molecule has 0 amide bonds. The number of hydrogen-bond donors (Lipinski definition) is 0.